The van der Waals surface area contributed by atoms with Gasteiger partial charge in [0.25, 0.3) is 5.91 Å². The van der Waals surface area contributed by atoms with Crippen LogP contribution in [-0.4, -0.2) is 33.9 Å². The van der Waals surface area contributed by atoms with Crippen LogP contribution in [0.1, 0.15) is 29.3 Å². The maximum atomic E-state index is 12.4. The molecule has 1 aromatic carbocycles. The van der Waals surface area contributed by atoms with Crippen LogP contribution in [0.5, 0.6) is 0 Å². The molecule has 3 rings (SSSR count). The van der Waals surface area contributed by atoms with Crippen LogP contribution < -0.4 is 5.32 Å². The summed E-state index contributed by atoms with van der Waals surface area (Å²) in [7, 11) is 0. The minimum Gasteiger partial charge on any atom is -0.448 e. The average molecular weight is 428 g/mol. The molecule has 1 aliphatic rings. The van der Waals surface area contributed by atoms with Gasteiger partial charge in [0, 0.05) is 16.6 Å². The number of halogens is 1. The van der Waals surface area contributed by atoms with Crippen molar-refractivity contribution in [3.05, 3.63) is 33.8 Å². The van der Waals surface area contributed by atoms with E-state index in [1.807, 2.05) is 6.07 Å². The van der Waals surface area contributed by atoms with Crippen molar-refractivity contribution in [1.82, 2.24) is 10.2 Å². The van der Waals surface area contributed by atoms with Gasteiger partial charge in [0.15, 0.2) is 10.4 Å². The zero-order valence-corrected chi connectivity index (χ0v) is 16.0. The second-order valence-electron chi connectivity index (χ2n) is 5.11. The van der Waals surface area contributed by atoms with Crippen LogP contribution in [-0.2, 0) is 16.0 Å². The summed E-state index contributed by atoms with van der Waals surface area (Å²) in [6.07, 6.45) is 0.511. The Morgan fingerprint density at radius 3 is 3.12 bits per heavy atom. The maximum Gasteiger partial charge on any atom is 0.339 e. The summed E-state index contributed by atoms with van der Waals surface area (Å²) in [6.45, 7) is 2.09. The lowest BCUT2D eigenvalue weighted by Gasteiger charge is -2.23. The van der Waals surface area contributed by atoms with Crippen molar-refractivity contribution in [2.24, 2.45) is 0 Å². The molecule has 2 aromatic rings. The molecule has 0 saturated heterocycles. The van der Waals surface area contributed by atoms with Crippen LogP contribution >= 0.6 is 39.0 Å². The molecule has 0 bridgehead atoms. The van der Waals surface area contributed by atoms with Gasteiger partial charge in [0.1, 0.15) is 0 Å². The fourth-order valence-corrected chi connectivity index (χ4v) is 4.29. The second-order valence-corrected chi connectivity index (χ2v) is 8.35. The predicted molar refractivity (Wildman–Crippen MR) is 96.6 cm³/mol. The minimum absolute atomic E-state index is 0.336. The van der Waals surface area contributed by atoms with Gasteiger partial charge in [-0.25, -0.2) is 4.79 Å². The molecular weight excluding hydrogens is 414 g/mol. The monoisotopic (exact) mass is 427 g/mol. The number of nitrogens with one attached hydrogen (secondary N) is 1. The van der Waals surface area contributed by atoms with Gasteiger partial charge in [0.2, 0.25) is 5.13 Å². The molecule has 1 amide bonds. The van der Waals surface area contributed by atoms with Crippen LogP contribution in [0.3, 0.4) is 0 Å². The number of anilines is 1. The molecular formula is C15H14BrN3O3S2. The van der Waals surface area contributed by atoms with Gasteiger partial charge in [-0.15, -0.1) is 10.2 Å². The number of amides is 1. The molecule has 1 aromatic heterocycles. The summed E-state index contributed by atoms with van der Waals surface area (Å²) in [6, 6.07) is 5.30. The molecule has 0 aliphatic carbocycles. The minimum atomic E-state index is -0.866. The topological polar surface area (TPSA) is 81.2 Å². The van der Waals surface area contributed by atoms with Crippen molar-refractivity contribution in [3.8, 4) is 0 Å². The third kappa shape index (κ3) is 3.96. The number of thioether (sulfide) groups is 1. The maximum absolute atomic E-state index is 12.4. The van der Waals surface area contributed by atoms with Crippen LogP contribution in [0.2, 0.25) is 0 Å². The van der Waals surface area contributed by atoms with E-state index in [2.05, 4.69) is 38.4 Å². The van der Waals surface area contributed by atoms with E-state index in [0.717, 1.165) is 26.5 Å². The lowest BCUT2D eigenvalue weighted by molar-refractivity contribution is -0.125. The van der Waals surface area contributed by atoms with E-state index in [0.29, 0.717) is 17.1 Å². The van der Waals surface area contributed by atoms with E-state index in [1.165, 1.54) is 11.3 Å². The Bertz CT molecular complexity index is 781. The Balaban J connectivity index is 1.67. The highest BCUT2D eigenvalue weighted by Gasteiger charge is 2.31. The number of benzene rings is 1. The number of hydrogen-bond donors (Lipinski definition) is 1. The molecule has 2 heterocycles. The third-order valence-electron chi connectivity index (χ3n) is 3.30. The number of aromatic nitrogens is 2. The number of rotatable bonds is 5. The number of esters is 1. The third-order valence-corrected chi connectivity index (χ3v) is 5.97. The molecule has 6 nitrogen and oxygen atoms in total. The van der Waals surface area contributed by atoms with E-state index < -0.39 is 18.0 Å². The highest BCUT2D eigenvalue weighted by atomic mass is 79.9. The molecule has 24 heavy (non-hydrogen) atoms. The second kappa shape index (κ2) is 7.62. The highest BCUT2D eigenvalue weighted by Crippen LogP contribution is 2.28. The van der Waals surface area contributed by atoms with Gasteiger partial charge < -0.3 is 4.74 Å². The summed E-state index contributed by atoms with van der Waals surface area (Å²) >= 11 is 6.29. The number of carbonyl (C=O) groups excluding carboxylic acids is 2. The van der Waals surface area contributed by atoms with E-state index in [9.17, 15) is 9.59 Å². The predicted octanol–water partition coefficient (Wildman–Crippen LogP) is 3.52. The highest BCUT2D eigenvalue weighted by molar-refractivity contribution is 9.10. The molecule has 0 fully saturated rings. The molecule has 9 heteroatoms. The van der Waals surface area contributed by atoms with E-state index in [-0.39, 0.29) is 0 Å². The SMILES string of the molecule is CCCSc1nnc(NC(=O)C2Cc3cc(Br)ccc3C(=O)O2)s1. The molecule has 1 atom stereocenters. The van der Waals surface area contributed by atoms with Crippen molar-refractivity contribution in [2.75, 3.05) is 11.1 Å². The molecule has 1 unspecified atom stereocenters. The van der Waals surface area contributed by atoms with Gasteiger partial charge in [-0.1, -0.05) is 46.0 Å². The van der Waals surface area contributed by atoms with Crippen molar-refractivity contribution in [2.45, 2.75) is 30.2 Å². The summed E-state index contributed by atoms with van der Waals surface area (Å²) in [5.74, 6) is 0.0756. The van der Waals surface area contributed by atoms with E-state index in [4.69, 9.17) is 4.74 Å². The standard InChI is InChI=1S/C15H14BrN3O3S2/c1-2-5-23-15-19-18-14(24-15)17-12(20)11-7-8-6-9(16)3-4-10(8)13(21)22-11/h3-4,6,11H,2,5,7H2,1H3,(H,17,18,20). The summed E-state index contributed by atoms with van der Waals surface area (Å²) in [5, 5.41) is 11.1. The first kappa shape index (κ1) is 17.4. The van der Waals surface area contributed by atoms with Gasteiger partial charge >= 0.3 is 5.97 Å². The Morgan fingerprint density at radius 1 is 1.50 bits per heavy atom. The first-order chi connectivity index (χ1) is 11.6. The number of cyclic esters (lactones) is 1. The number of fused-ring (bicyclic) bond motifs is 1. The molecule has 1 N–H and O–H groups in total. The summed E-state index contributed by atoms with van der Waals surface area (Å²) in [4.78, 5) is 24.4. The smallest absolute Gasteiger partial charge is 0.339 e. The summed E-state index contributed by atoms with van der Waals surface area (Å²) < 4.78 is 6.91. The zero-order valence-electron chi connectivity index (χ0n) is 12.7. The number of nitrogens with zero attached hydrogens (tertiary/aromatic N) is 2. The van der Waals surface area contributed by atoms with Crippen molar-refractivity contribution in [3.63, 3.8) is 0 Å². The van der Waals surface area contributed by atoms with Crippen LogP contribution in [0, 0.1) is 0 Å². The lowest BCUT2D eigenvalue weighted by atomic mass is 9.98. The first-order valence-corrected chi connectivity index (χ1v) is 9.93. The Morgan fingerprint density at radius 2 is 2.33 bits per heavy atom. The van der Waals surface area contributed by atoms with Gasteiger partial charge in [-0.2, -0.15) is 0 Å². The first-order valence-electron chi connectivity index (χ1n) is 7.33. The quantitative estimate of drug-likeness (QED) is 0.446. The normalized spacial score (nSPS) is 16.4. The van der Waals surface area contributed by atoms with Gasteiger partial charge in [0.05, 0.1) is 5.56 Å². The Kier molecular flexibility index (Phi) is 5.52. The Labute approximate surface area is 155 Å². The molecule has 126 valence electrons. The number of ether oxygens (including phenoxy) is 1. The fourth-order valence-electron chi connectivity index (χ4n) is 2.20. The summed E-state index contributed by atoms with van der Waals surface area (Å²) in [5.41, 5.74) is 1.29. The van der Waals surface area contributed by atoms with E-state index >= 15 is 0 Å². The Hall–Kier alpha value is -1.45. The zero-order chi connectivity index (χ0) is 17.1. The van der Waals surface area contributed by atoms with Crippen molar-refractivity contribution in [1.29, 1.82) is 0 Å². The lowest BCUT2D eigenvalue weighted by Crippen LogP contribution is -2.38. The largest absolute Gasteiger partial charge is 0.448 e. The average Bonchev–Trinajstić information content (AvgIpc) is 2.99. The molecule has 0 saturated carbocycles. The van der Waals surface area contributed by atoms with Crippen LogP contribution in [0.4, 0.5) is 5.13 Å². The number of hydrogen-bond acceptors (Lipinski definition) is 7. The van der Waals surface area contributed by atoms with Crippen molar-refractivity contribution < 1.29 is 14.3 Å². The molecule has 0 spiro atoms. The van der Waals surface area contributed by atoms with Gasteiger partial charge in [-0.05, 0) is 30.2 Å². The molecule has 0 radical (unpaired) electrons. The van der Waals surface area contributed by atoms with Crippen LogP contribution in [0.25, 0.3) is 0 Å². The van der Waals surface area contributed by atoms with Crippen LogP contribution in [0.15, 0.2) is 27.0 Å². The molecule has 1 aliphatic heterocycles. The van der Waals surface area contributed by atoms with Gasteiger partial charge in [-0.3, -0.25) is 10.1 Å². The number of carbonyl (C=O) groups is 2. The van der Waals surface area contributed by atoms with E-state index in [1.54, 1.807) is 23.9 Å². The fraction of sp³-hybridized carbons (Fsp3) is 0.333. The van der Waals surface area contributed by atoms with Crippen molar-refractivity contribution >= 4 is 56.0 Å².